The number of allylic oxidation sites excluding steroid dienone is 4. The van der Waals surface area contributed by atoms with Crippen LogP contribution >= 0.6 is 0 Å². The fourth-order valence-electron chi connectivity index (χ4n) is 6.92. The predicted molar refractivity (Wildman–Crippen MR) is 138 cm³/mol. The number of hydrogen-bond donors (Lipinski definition) is 2. The van der Waals surface area contributed by atoms with Gasteiger partial charge in [0.2, 0.25) is 0 Å². The first kappa shape index (κ1) is 24.5. The van der Waals surface area contributed by atoms with Crippen LogP contribution in [-0.4, -0.2) is 21.2 Å². The summed E-state index contributed by atoms with van der Waals surface area (Å²) < 4.78 is 21.5. The SMILES string of the molecule is C=C1CC[C@H](O)C/C1=C/C=C1\CCC[C@@]2(C)C1CCC2C(C)CCS(=N)(=O)c1ccccc1. The maximum absolute atomic E-state index is 13.0. The highest BCUT2D eigenvalue weighted by atomic mass is 32.2. The Balaban J connectivity index is 1.45. The standard InChI is InChI=1S/C29H41NO2S/c1-21-11-14-25(31)20-24(21)13-12-23-8-7-18-29(3)27(15-16-28(23)29)22(2)17-19-33(30,32)26-9-5-4-6-10-26/h4-6,9-10,12-13,22,25,27-28,30-31H,1,7-8,11,14-20H2,2-3H3/b23-12+,24-13-/t22?,25-,27?,28?,29+,33?/m0/s1. The molecule has 4 rings (SSSR count). The van der Waals surface area contributed by atoms with Gasteiger partial charge in [-0.15, -0.1) is 0 Å². The van der Waals surface area contributed by atoms with Crippen LogP contribution in [0.3, 0.4) is 0 Å². The zero-order valence-corrected chi connectivity index (χ0v) is 21.2. The number of aliphatic hydroxyl groups is 1. The summed E-state index contributed by atoms with van der Waals surface area (Å²) in [5.74, 6) is 2.17. The van der Waals surface area contributed by atoms with E-state index in [1.807, 2.05) is 30.3 Å². The largest absolute Gasteiger partial charge is 0.393 e. The highest BCUT2D eigenvalue weighted by molar-refractivity contribution is 7.92. The van der Waals surface area contributed by atoms with Gasteiger partial charge in [0.25, 0.3) is 0 Å². The summed E-state index contributed by atoms with van der Waals surface area (Å²) in [6, 6.07) is 9.34. The molecule has 0 bridgehead atoms. The molecule has 3 aliphatic carbocycles. The molecule has 3 saturated carbocycles. The molecule has 2 N–H and O–H groups in total. The van der Waals surface area contributed by atoms with E-state index < -0.39 is 9.73 Å². The van der Waals surface area contributed by atoms with E-state index >= 15 is 0 Å². The van der Waals surface area contributed by atoms with Gasteiger partial charge in [-0.25, -0.2) is 8.99 Å². The van der Waals surface area contributed by atoms with E-state index in [9.17, 15) is 9.32 Å². The molecule has 180 valence electrons. The minimum Gasteiger partial charge on any atom is -0.393 e. The van der Waals surface area contributed by atoms with Gasteiger partial charge in [-0.1, -0.05) is 61.9 Å². The predicted octanol–water partition coefficient (Wildman–Crippen LogP) is 7.29. The fourth-order valence-corrected chi connectivity index (χ4v) is 8.46. The maximum atomic E-state index is 13.0. The third kappa shape index (κ3) is 5.22. The third-order valence-electron chi connectivity index (χ3n) is 8.90. The normalized spacial score (nSPS) is 35.4. The van der Waals surface area contributed by atoms with Gasteiger partial charge in [-0.3, -0.25) is 0 Å². The van der Waals surface area contributed by atoms with E-state index in [4.69, 9.17) is 4.78 Å². The molecule has 3 aliphatic rings. The molecule has 0 spiro atoms. The van der Waals surface area contributed by atoms with Crippen molar-refractivity contribution in [3.05, 3.63) is 65.8 Å². The molecule has 3 fully saturated rings. The van der Waals surface area contributed by atoms with E-state index in [0.717, 1.165) is 25.7 Å². The van der Waals surface area contributed by atoms with E-state index in [0.29, 0.717) is 33.8 Å². The molecule has 3 nitrogen and oxygen atoms in total. The topological polar surface area (TPSA) is 61.1 Å². The van der Waals surface area contributed by atoms with Crippen molar-refractivity contribution in [3.8, 4) is 0 Å². The number of hydrogen-bond acceptors (Lipinski definition) is 3. The average Bonchev–Trinajstić information content (AvgIpc) is 3.16. The number of rotatable bonds is 6. The molecule has 0 radical (unpaired) electrons. The molecule has 33 heavy (non-hydrogen) atoms. The molecule has 1 aromatic rings. The molecule has 4 unspecified atom stereocenters. The van der Waals surface area contributed by atoms with Crippen LogP contribution in [0.25, 0.3) is 0 Å². The van der Waals surface area contributed by atoms with E-state index in [2.05, 4.69) is 32.6 Å². The minimum absolute atomic E-state index is 0.225. The Kier molecular flexibility index (Phi) is 7.35. The van der Waals surface area contributed by atoms with Gasteiger partial charge >= 0.3 is 0 Å². The zero-order valence-electron chi connectivity index (χ0n) is 20.4. The molecule has 0 saturated heterocycles. The van der Waals surface area contributed by atoms with Gasteiger partial charge in [-0.05, 0) is 98.7 Å². The van der Waals surface area contributed by atoms with E-state index in [1.54, 1.807) is 5.57 Å². The lowest BCUT2D eigenvalue weighted by atomic mass is 9.61. The monoisotopic (exact) mass is 467 g/mol. The van der Waals surface area contributed by atoms with E-state index in [-0.39, 0.29) is 6.10 Å². The third-order valence-corrected chi connectivity index (χ3v) is 10.7. The molecule has 0 amide bonds. The molecule has 1 aromatic carbocycles. The van der Waals surface area contributed by atoms with Crippen molar-refractivity contribution in [1.29, 1.82) is 4.78 Å². The number of nitrogens with one attached hydrogen (secondary N) is 1. The van der Waals surface area contributed by atoms with Crippen LogP contribution in [0.4, 0.5) is 0 Å². The van der Waals surface area contributed by atoms with Crippen molar-refractivity contribution in [2.75, 3.05) is 5.75 Å². The van der Waals surface area contributed by atoms with E-state index in [1.165, 1.54) is 43.3 Å². The molecule has 0 aromatic heterocycles. The van der Waals surface area contributed by atoms with Crippen LogP contribution in [-0.2, 0) is 9.73 Å². The summed E-state index contributed by atoms with van der Waals surface area (Å²) >= 11 is 0. The Morgan fingerprint density at radius 1 is 1.21 bits per heavy atom. The first-order valence-electron chi connectivity index (χ1n) is 12.8. The van der Waals surface area contributed by atoms with Crippen LogP contribution in [0.1, 0.15) is 71.6 Å². The summed E-state index contributed by atoms with van der Waals surface area (Å²) in [6.07, 6.45) is 13.8. The van der Waals surface area contributed by atoms with Gasteiger partial charge in [0.1, 0.15) is 0 Å². The number of fused-ring (bicyclic) bond motifs is 1. The van der Waals surface area contributed by atoms with Gasteiger partial charge in [0.15, 0.2) is 0 Å². The fraction of sp³-hybridized carbons (Fsp3) is 0.586. The Morgan fingerprint density at radius 3 is 2.73 bits per heavy atom. The van der Waals surface area contributed by atoms with Crippen molar-refractivity contribution < 1.29 is 9.32 Å². The van der Waals surface area contributed by atoms with Crippen LogP contribution in [0.15, 0.2) is 70.7 Å². The number of benzene rings is 1. The summed E-state index contributed by atoms with van der Waals surface area (Å²) in [7, 11) is -2.72. The second kappa shape index (κ2) is 9.92. The quantitative estimate of drug-likeness (QED) is 0.461. The molecule has 6 atom stereocenters. The van der Waals surface area contributed by atoms with Crippen molar-refractivity contribution in [1.82, 2.24) is 0 Å². The first-order valence-corrected chi connectivity index (χ1v) is 14.5. The summed E-state index contributed by atoms with van der Waals surface area (Å²) in [5.41, 5.74) is 4.28. The second-order valence-electron chi connectivity index (χ2n) is 11.0. The Morgan fingerprint density at radius 2 is 1.97 bits per heavy atom. The lowest BCUT2D eigenvalue weighted by Crippen LogP contribution is -2.36. The molecule has 0 heterocycles. The zero-order chi connectivity index (χ0) is 23.6. The smallest absolute Gasteiger partial charge is 0.0726 e. The summed E-state index contributed by atoms with van der Waals surface area (Å²) in [5, 5.41) is 10.1. The Labute approximate surface area is 201 Å². The molecule has 0 aliphatic heterocycles. The maximum Gasteiger partial charge on any atom is 0.0726 e. The molecular formula is C29H41NO2S. The van der Waals surface area contributed by atoms with Gasteiger partial charge in [-0.2, -0.15) is 0 Å². The van der Waals surface area contributed by atoms with Crippen LogP contribution in [0.2, 0.25) is 0 Å². The molecular weight excluding hydrogens is 426 g/mol. The Bertz CT molecular complexity index is 1020. The van der Waals surface area contributed by atoms with Crippen molar-refractivity contribution in [3.63, 3.8) is 0 Å². The minimum atomic E-state index is -2.72. The summed E-state index contributed by atoms with van der Waals surface area (Å²) in [6.45, 7) is 9.04. The second-order valence-corrected chi connectivity index (χ2v) is 13.2. The highest BCUT2D eigenvalue weighted by Gasteiger charge is 2.50. The van der Waals surface area contributed by atoms with Gasteiger partial charge in [0, 0.05) is 10.6 Å². The molecule has 4 heteroatoms. The van der Waals surface area contributed by atoms with Crippen LogP contribution in [0, 0.1) is 27.9 Å². The van der Waals surface area contributed by atoms with Gasteiger partial charge < -0.3 is 5.11 Å². The van der Waals surface area contributed by atoms with Crippen LogP contribution < -0.4 is 0 Å². The highest BCUT2D eigenvalue weighted by Crippen LogP contribution is 2.59. The summed E-state index contributed by atoms with van der Waals surface area (Å²) in [4.78, 5) is 0.665. The number of aliphatic hydroxyl groups excluding tert-OH is 1. The van der Waals surface area contributed by atoms with Crippen molar-refractivity contribution >= 4 is 9.73 Å². The Hall–Kier alpha value is -1.65. The van der Waals surface area contributed by atoms with Gasteiger partial charge in [0.05, 0.1) is 15.8 Å². The lowest BCUT2D eigenvalue weighted by molar-refractivity contribution is 0.0964. The van der Waals surface area contributed by atoms with Crippen molar-refractivity contribution in [2.45, 2.75) is 82.6 Å². The van der Waals surface area contributed by atoms with Crippen LogP contribution in [0.5, 0.6) is 0 Å². The average molecular weight is 468 g/mol. The van der Waals surface area contributed by atoms with Crippen molar-refractivity contribution in [2.24, 2.45) is 23.2 Å². The first-order chi connectivity index (χ1) is 15.7. The lowest BCUT2D eigenvalue weighted by Gasteiger charge is -2.44.